The number of alkyl halides is 2. The molecular weight excluding hydrogens is 339 g/mol. The van der Waals surface area contributed by atoms with E-state index < -0.39 is 10.3 Å². The topological polar surface area (TPSA) is 58.9 Å². The van der Waals surface area contributed by atoms with Crippen LogP contribution in [-0.4, -0.2) is 29.3 Å². The molecule has 0 unspecified atom stereocenters. The van der Waals surface area contributed by atoms with E-state index >= 15 is 0 Å². The maximum absolute atomic E-state index is 9.78. The Kier molecular flexibility index (Phi) is 5.17. The van der Waals surface area contributed by atoms with E-state index in [1.165, 1.54) is 26.4 Å². The number of halogens is 2. The molecule has 4 nitrogen and oxygen atoms in total. The van der Waals surface area contributed by atoms with Gasteiger partial charge in [0, 0.05) is 5.41 Å². The van der Waals surface area contributed by atoms with Gasteiger partial charge in [-0.05, 0) is 42.3 Å². The quantitative estimate of drug-likeness (QED) is 0.787. The van der Waals surface area contributed by atoms with Gasteiger partial charge >= 0.3 is 0 Å². The van der Waals surface area contributed by atoms with Crippen molar-refractivity contribution in [1.82, 2.24) is 0 Å². The average molecular weight is 357 g/mol. The molecule has 0 aliphatic carbocycles. The Bertz CT molecular complexity index is 647. The van der Waals surface area contributed by atoms with Crippen LogP contribution in [0.5, 0.6) is 23.0 Å². The number of hydrogen-bond donors (Lipinski definition) is 2. The third kappa shape index (κ3) is 3.14. The molecule has 0 bridgehead atoms. The maximum atomic E-state index is 9.78. The van der Waals surface area contributed by atoms with Gasteiger partial charge in [0.2, 0.25) is 0 Å². The molecule has 0 saturated carbocycles. The van der Waals surface area contributed by atoms with Crippen molar-refractivity contribution in [2.45, 2.75) is 17.2 Å². The summed E-state index contributed by atoms with van der Waals surface area (Å²) < 4.78 is 10.3. The maximum Gasteiger partial charge on any atom is 0.160 e. The predicted molar refractivity (Wildman–Crippen MR) is 91.3 cm³/mol. The molecule has 0 heterocycles. The summed E-state index contributed by atoms with van der Waals surface area (Å²) in [5, 5.41) is 19.6. The number of aromatic hydroxyl groups is 2. The molecule has 6 heteroatoms. The summed E-state index contributed by atoms with van der Waals surface area (Å²) in [6, 6.07) is 9.89. The highest BCUT2D eigenvalue weighted by Gasteiger charge is 2.37. The summed E-state index contributed by atoms with van der Waals surface area (Å²) in [6.07, 6.45) is 0. The van der Waals surface area contributed by atoms with Gasteiger partial charge in [-0.2, -0.15) is 0 Å². The Balaban J connectivity index is 2.64. The van der Waals surface area contributed by atoms with Crippen molar-refractivity contribution in [3.8, 4) is 23.0 Å². The molecule has 2 N–H and O–H groups in total. The fourth-order valence-corrected chi connectivity index (χ4v) is 2.92. The number of phenolic OH excluding ortho intramolecular Hbond substituents is 2. The van der Waals surface area contributed by atoms with Crippen molar-refractivity contribution in [2.75, 3.05) is 14.2 Å². The van der Waals surface area contributed by atoms with Crippen molar-refractivity contribution in [3.05, 3.63) is 47.5 Å². The second-order valence-electron chi connectivity index (χ2n) is 5.28. The molecule has 0 saturated heterocycles. The van der Waals surface area contributed by atoms with Crippen LogP contribution >= 0.6 is 23.2 Å². The van der Waals surface area contributed by atoms with E-state index in [4.69, 9.17) is 32.7 Å². The van der Waals surface area contributed by atoms with Gasteiger partial charge < -0.3 is 19.7 Å². The Morgan fingerprint density at radius 1 is 0.870 bits per heavy atom. The number of methoxy groups -OCH3 is 2. The van der Waals surface area contributed by atoms with Crippen molar-refractivity contribution in [2.24, 2.45) is 0 Å². The lowest BCUT2D eigenvalue weighted by molar-refractivity contribution is 0.370. The first-order valence-corrected chi connectivity index (χ1v) is 7.75. The minimum Gasteiger partial charge on any atom is -0.504 e. The standard InChI is InChI=1S/C17H18Cl2O4/c1-17(16(18)19,10-4-6-12(20)14(8-10)22-2)11-5-7-13(21)15(9-11)23-3/h4-9,16,20-21H,1-3H3. The Labute approximate surface area is 145 Å². The van der Waals surface area contributed by atoms with Crippen LogP contribution < -0.4 is 9.47 Å². The minimum atomic E-state index is -0.801. The van der Waals surface area contributed by atoms with Gasteiger partial charge in [0.1, 0.15) is 4.84 Å². The van der Waals surface area contributed by atoms with E-state index in [1.807, 2.05) is 6.92 Å². The molecular formula is C17H18Cl2O4. The fraction of sp³-hybridized carbons (Fsp3) is 0.294. The minimum absolute atomic E-state index is 0.0302. The highest BCUT2D eigenvalue weighted by Crippen LogP contribution is 2.44. The molecule has 2 rings (SSSR count). The van der Waals surface area contributed by atoms with E-state index in [0.717, 1.165) is 11.1 Å². The van der Waals surface area contributed by atoms with Gasteiger partial charge in [0.05, 0.1) is 14.2 Å². The van der Waals surface area contributed by atoms with Crippen LogP contribution in [0.25, 0.3) is 0 Å². The molecule has 0 amide bonds. The van der Waals surface area contributed by atoms with E-state index in [1.54, 1.807) is 24.3 Å². The lowest BCUT2D eigenvalue weighted by Gasteiger charge is -2.33. The zero-order chi connectivity index (χ0) is 17.2. The zero-order valence-corrected chi connectivity index (χ0v) is 14.5. The molecule has 0 spiro atoms. The van der Waals surface area contributed by atoms with E-state index in [2.05, 4.69) is 0 Å². The summed E-state index contributed by atoms with van der Waals surface area (Å²) in [7, 11) is 2.94. The van der Waals surface area contributed by atoms with Crippen LogP contribution in [0.4, 0.5) is 0 Å². The van der Waals surface area contributed by atoms with Crippen LogP contribution in [0.15, 0.2) is 36.4 Å². The molecule has 124 valence electrons. The first-order valence-electron chi connectivity index (χ1n) is 6.87. The number of phenols is 2. The third-order valence-electron chi connectivity index (χ3n) is 4.00. The predicted octanol–water partition coefficient (Wildman–Crippen LogP) is 4.22. The molecule has 0 aromatic heterocycles. The van der Waals surface area contributed by atoms with Crippen LogP contribution in [-0.2, 0) is 5.41 Å². The molecule has 0 radical (unpaired) electrons. The number of rotatable bonds is 5. The number of hydrogen-bond acceptors (Lipinski definition) is 4. The molecule has 0 aliphatic heterocycles. The van der Waals surface area contributed by atoms with Gasteiger partial charge in [-0.3, -0.25) is 0 Å². The van der Waals surface area contributed by atoms with Gasteiger partial charge in [-0.25, -0.2) is 0 Å². The summed E-state index contributed by atoms with van der Waals surface area (Å²) in [4.78, 5) is -0.786. The van der Waals surface area contributed by atoms with Crippen LogP contribution in [0.2, 0.25) is 0 Å². The van der Waals surface area contributed by atoms with Gasteiger partial charge in [0.25, 0.3) is 0 Å². The molecule has 0 aliphatic rings. The molecule has 0 fully saturated rings. The molecule has 23 heavy (non-hydrogen) atoms. The highest BCUT2D eigenvalue weighted by molar-refractivity contribution is 6.45. The van der Waals surface area contributed by atoms with Crippen molar-refractivity contribution >= 4 is 23.2 Å². The van der Waals surface area contributed by atoms with E-state index in [-0.39, 0.29) is 11.5 Å². The zero-order valence-electron chi connectivity index (χ0n) is 13.0. The SMILES string of the molecule is COc1cc(C(C)(c2ccc(O)c(OC)c2)C(Cl)Cl)ccc1O. The Morgan fingerprint density at radius 2 is 1.26 bits per heavy atom. The summed E-state index contributed by atoms with van der Waals surface area (Å²) in [5.41, 5.74) is 0.718. The lowest BCUT2D eigenvalue weighted by Crippen LogP contribution is -2.31. The lowest BCUT2D eigenvalue weighted by atomic mass is 9.77. The van der Waals surface area contributed by atoms with Gasteiger partial charge in [0.15, 0.2) is 23.0 Å². The van der Waals surface area contributed by atoms with E-state index in [9.17, 15) is 10.2 Å². The van der Waals surface area contributed by atoms with Gasteiger partial charge in [-0.1, -0.05) is 12.1 Å². The van der Waals surface area contributed by atoms with Crippen molar-refractivity contribution in [3.63, 3.8) is 0 Å². The fourth-order valence-electron chi connectivity index (χ4n) is 2.42. The Morgan fingerprint density at radius 3 is 1.57 bits per heavy atom. The third-order valence-corrected chi connectivity index (χ3v) is 4.87. The van der Waals surface area contributed by atoms with Crippen molar-refractivity contribution < 1.29 is 19.7 Å². The monoisotopic (exact) mass is 356 g/mol. The smallest absolute Gasteiger partial charge is 0.160 e. The molecule has 2 aromatic carbocycles. The first kappa shape index (κ1) is 17.6. The second kappa shape index (κ2) is 6.77. The average Bonchev–Trinajstić information content (AvgIpc) is 2.54. The molecule has 2 aromatic rings. The number of ether oxygens (including phenoxy) is 2. The highest BCUT2D eigenvalue weighted by atomic mass is 35.5. The summed E-state index contributed by atoms with van der Waals surface area (Å²) in [5.74, 6) is 0.715. The second-order valence-corrected chi connectivity index (χ2v) is 6.37. The first-order chi connectivity index (χ1) is 10.8. The van der Waals surface area contributed by atoms with Crippen LogP contribution in [0, 0.1) is 0 Å². The van der Waals surface area contributed by atoms with E-state index in [0.29, 0.717) is 11.5 Å². The van der Waals surface area contributed by atoms with Crippen molar-refractivity contribution in [1.29, 1.82) is 0 Å². The summed E-state index contributed by atoms with van der Waals surface area (Å²) in [6.45, 7) is 1.87. The summed E-state index contributed by atoms with van der Waals surface area (Å²) >= 11 is 12.6. The number of benzene rings is 2. The van der Waals surface area contributed by atoms with Gasteiger partial charge in [-0.15, -0.1) is 23.2 Å². The van der Waals surface area contributed by atoms with Crippen LogP contribution in [0.1, 0.15) is 18.1 Å². The normalized spacial score (nSPS) is 11.6. The molecule has 0 atom stereocenters. The Hall–Kier alpha value is -1.78. The van der Waals surface area contributed by atoms with Crippen LogP contribution in [0.3, 0.4) is 0 Å². The largest absolute Gasteiger partial charge is 0.504 e.